The molecule has 0 spiro atoms. The number of nitrogens with one attached hydrogen (secondary N) is 3. The number of aliphatic imine (C=N–C) groups is 1. The lowest BCUT2D eigenvalue weighted by molar-refractivity contribution is -0.906. The number of hydrogen-bond acceptors (Lipinski definition) is 5. The number of aromatic nitrogens is 2. The number of hydrogen-bond donors (Lipinski definition) is 3. The van der Waals surface area contributed by atoms with Crippen molar-refractivity contribution in [1.82, 2.24) is 9.97 Å². The van der Waals surface area contributed by atoms with E-state index in [-0.39, 0.29) is 5.56 Å². The molecule has 0 atom stereocenters. The molecule has 1 aliphatic heterocycles. The molecule has 0 saturated carbocycles. The average molecular weight is 282 g/mol. The topological polar surface area (TPSA) is 115 Å². The standard InChI is InChI=1S/C12H18N4O4/c1-8(9-10(17)14-12(19)15-11(9)18)13-2-3-16-4-6-20-7-5-16/h2-7H2,1H3,(H3,14,15,17,18,19). The Morgan fingerprint density at radius 2 is 2.05 bits per heavy atom. The minimum Gasteiger partial charge on any atom is -0.860 e. The summed E-state index contributed by atoms with van der Waals surface area (Å²) < 4.78 is 5.26. The van der Waals surface area contributed by atoms with Crippen molar-refractivity contribution in [2.24, 2.45) is 4.99 Å². The van der Waals surface area contributed by atoms with Gasteiger partial charge in [0.2, 0.25) is 0 Å². The van der Waals surface area contributed by atoms with E-state index in [2.05, 4.69) is 4.99 Å². The van der Waals surface area contributed by atoms with Gasteiger partial charge in [0.1, 0.15) is 13.1 Å². The van der Waals surface area contributed by atoms with Crippen molar-refractivity contribution >= 4 is 5.71 Å². The molecule has 0 amide bonds. The Labute approximate surface area is 115 Å². The maximum absolute atomic E-state index is 11.6. The second-order valence-corrected chi connectivity index (χ2v) is 4.69. The second-order valence-electron chi connectivity index (χ2n) is 4.69. The number of morpholine rings is 1. The van der Waals surface area contributed by atoms with Gasteiger partial charge in [-0.1, -0.05) is 0 Å². The molecule has 0 aliphatic carbocycles. The summed E-state index contributed by atoms with van der Waals surface area (Å²) in [6, 6.07) is 0. The highest BCUT2D eigenvalue weighted by Crippen LogP contribution is 2.02. The minimum absolute atomic E-state index is 0.0958. The summed E-state index contributed by atoms with van der Waals surface area (Å²) in [5, 5.41) is 11.6. The van der Waals surface area contributed by atoms with Crippen LogP contribution >= 0.6 is 0 Å². The van der Waals surface area contributed by atoms with E-state index in [4.69, 9.17) is 4.74 Å². The van der Waals surface area contributed by atoms with E-state index in [1.807, 2.05) is 9.97 Å². The van der Waals surface area contributed by atoms with E-state index in [9.17, 15) is 14.7 Å². The number of aromatic amines is 2. The van der Waals surface area contributed by atoms with Crippen molar-refractivity contribution in [2.45, 2.75) is 6.92 Å². The number of nitrogens with zero attached hydrogens (tertiary/aromatic N) is 1. The van der Waals surface area contributed by atoms with Gasteiger partial charge in [0, 0.05) is 5.71 Å². The monoisotopic (exact) mass is 282 g/mol. The summed E-state index contributed by atoms with van der Waals surface area (Å²) in [6.07, 6.45) is 0. The molecule has 110 valence electrons. The molecular weight excluding hydrogens is 264 g/mol. The first-order valence-corrected chi connectivity index (χ1v) is 6.54. The minimum atomic E-state index is -0.797. The predicted octanol–water partition coefficient (Wildman–Crippen LogP) is -3.14. The SMILES string of the molecule is CC(=NCC[NH+]1CCOCC1)c1c([O-])[nH]c(=O)[nH]c1=O. The molecule has 20 heavy (non-hydrogen) atoms. The van der Waals surface area contributed by atoms with E-state index < -0.39 is 17.1 Å². The molecule has 0 bridgehead atoms. The van der Waals surface area contributed by atoms with Gasteiger partial charge in [0.05, 0.1) is 31.9 Å². The molecule has 0 aromatic carbocycles. The molecule has 1 fully saturated rings. The van der Waals surface area contributed by atoms with Gasteiger partial charge in [-0.05, 0) is 12.8 Å². The van der Waals surface area contributed by atoms with Gasteiger partial charge in [0.25, 0.3) is 5.56 Å². The van der Waals surface area contributed by atoms with Gasteiger partial charge >= 0.3 is 5.69 Å². The lowest BCUT2D eigenvalue weighted by Gasteiger charge is -2.23. The first kappa shape index (κ1) is 14.5. The van der Waals surface area contributed by atoms with Gasteiger partial charge in [-0.3, -0.25) is 14.8 Å². The number of ether oxygens (including phenoxy) is 1. The quantitative estimate of drug-likeness (QED) is 0.506. The lowest BCUT2D eigenvalue weighted by Crippen LogP contribution is -3.14. The van der Waals surface area contributed by atoms with Crippen LogP contribution in [-0.4, -0.2) is 55.1 Å². The molecular formula is C12H18N4O4. The van der Waals surface area contributed by atoms with Gasteiger partial charge in [0.15, 0.2) is 0 Å². The molecule has 0 unspecified atom stereocenters. The summed E-state index contributed by atoms with van der Waals surface area (Å²) in [4.78, 5) is 32.2. The van der Waals surface area contributed by atoms with Crippen molar-refractivity contribution in [2.75, 3.05) is 39.4 Å². The zero-order valence-electron chi connectivity index (χ0n) is 11.3. The molecule has 2 heterocycles. The van der Waals surface area contributed by atoms with E-state index in [1.165, 1.54) is 4.90 Å². The first-order valence-electron chi connectivity index (χ1n) is 6.54. The van der Waals surface area contributed by atoms with E-state index in [0.717, 1.165) is 32.8 Å². The Bertz CT molecular complexity index is 598. The number of quaternary nitrogens is 1. The lowest BCUT2D eigenvalue weighted by atomic mass is 10.2. The fourth-order valence-corrected chi connectivity index (χ4v) is 2.17. The highest BCUT2D eigenvalue weighted by Gasteiger charge is 2.13. The highest BCUT2D eigenvalue weighted by atomic mass is 16.5. The van der Waals surface area contributed by atoms with Crippen molar-refractivity contribution in [3.8, 4) is 5.88 Å². The van der Waals surface area contributed by atoms with Crippen molar-refractivity contribution in [1.29, 1.82) is 0 Å². The molecule has 1 aromatic heterocycles. The summed E-state index contributed by atoms with van der Waals surface area (Å²) >= 11 is 0. The van der Waals surface area contributed by atoms with Crippen LogP contribution in [-0.2, 0) is 4.74 Å². The van der Waals surface area contributed by atoms with Crippen LogP contribution in [0, 0.1) is 0 Å². The third-order valence-electron chi connectivity index (χ3n) is 3.28. The molecule has 8 nitrogen and oxygen atoms in total. The Morgan fingerprint density at radius 1 is 1.35 bits per heavy atom. The average Bonchev–Trinajstić information content (AvgIpc) is 2.38. The molecule has 1 aromatic rings. The Kier molecular flexibility index (Phi) is 4.70. The van der Waals surface area contributed by atoms with Gasteiger partial charge in [-0.15, -0.1) is 0 Å². The molecule has 1 aliphatic rings. The smallest absolute Gasteiger partial charge is 0.325 e. The predicted molar refractivity (Wildman–Crippen MR) is 70.6 cm³/mol. The Hall–Kier alpha value is -1.93. The van der Waals surface area contributed by atoms with Crippen LogP contribution in [0.3, 0.4) is 0 Å². The highest BCUT2D eigenvalue weighted by molar-refractivity contribution is 6.00. The fourth-order valence-electron chi connectivity index (χ4n) is 2.17. The first-order chi connectivity index (χ1) is 9.58. The van der Waals surface area contributed by atoms with E-state index >= 15 is 0 Å². The molecule has 8 heteroatoms. The molecule has 0 radical (unpaired) electrons. The van der Waals surface area contributed by atoms with Crippen LogP contribution in [0.25, 0.3) is 0 Å². The summed E-state index contributed by atoms with van der Waals surface area (Å²) in [7, 11) is 0. The number of H-pyrrole nitrogens is 2. The second kappa shape index (κ2) is 6.49. The van der Waals surface area contributed by atoms with Crippen LogP contribution in [0.2, 0.25) is 0 Å². The van der Waals surface area contributed by atoms with E-state index in [0.29, 0.717) is 12.3 Å². The zero-order valence-corrected chi connectivity index (χ0v) is 11.3. The third kappa shape index (κ3) is 3.55. The Balaban J connectivity index is 2.03. The van der Waals surface area contributed by atoms with Gasteiger partial charge in [-0.2, -0.15) is 0 Å². The van der Waals surface area contributed by atoms with Crippen LogP contribution in [0.4, 0.5) is 0 Å². The van der Waals surface area contributed by atoms with Gasteiger partial charge < -0.3 is 19.7 Å². The fraction of sp³-hybridized carbons (Fsp3) is 0.583. The summed E-state index contributed by atoms with van der Waals surface area (Å²) in [6.45, 7) is 6.35. The molecule has 3 N–H and O–H groups in total. The van der Waals surface area contributed by atoms with Crippen molar-refractivity contribution in [3.05, 3.63) is 26.4 Å². The van der Waals surface area contributed by atoms with Crippen molar-refractivity contribution < 1.29 is 14.7 Å². The molecule has 2 rings (SSSR count). The van der Waals surface area contributed by atoms with Crippen LogP contribution in [0.15, 0.2) is 14.6 Å². The van der Waals surface area contributed by atoms with Gasteiger partial charge in [-0.25, -0.2) is 4.79 Å². The number of rotatable bonds is 4. The normalized spacial score (nSPS) is 17.4. The maximum atomic E-state index is 11.6. The Morgan fingerprint density at radius 3 is 2.70 bits per heavy atom. The van der Waals surface area contributed by atoms with Crippen LogP contribution < -0.4 is 21.3 Å². The maximum Gasteiger partial charge on any atom is 0.325 e. The van der Waals surface area contributed by atoms with Crippen LogP contribution in [0.5, 0.6) is 5.88 Å². The van der Waals surface area contributed by atoms with E-state index in [1.54, 1.807) is 6.92 Å². The summed E-state index contributed by atoms with van der Waals surface area (Å²) in [5.41, 5.74) is -1.24. The molecule has 1 saturated heterocycles. The van der Waals surface area contributed by atoms with Crippen molar-refractivity contribution in [3.63, 3.8) is 0 Å². The van der Waals surface area contributed by atoms with Crippen LogP contribution in [0.1, 0.15) is 12.5 Å². The summed E-state index contributed by atoms with van der Waals surface area (Å²) in [5.74, 6) is -0.696. The largest absolute Gasteiger partial charge is 0.860 e. The zero-order chi connectivity index (χ0) is 14.5. The third-order valence-corrected chi connectivity index (χ3v) is 3.28.